The van der Waals surface area contributed by atoms with E-state index < -0.39 is 5.91 Å². The Balaban J connectivity index is 1.63. The highest BCUT2D eigenvalue weighted by Gasteiger charge is 2.21. The van der Waals surface area contributed by atoms with Crippen molar-refractivity contribution < 1.29 is 9.59 Å². The van der Waals surface area contributed by atoms with Crippen molar-refractivity contribution in [3.63, 3.8) is 0 Å². The van der Waals surface area contributed by atoms with Gasteiger partial charge in [0.05, 0.1) is 0 Å². The number of hydrogen-bond acceptors (Lipinski definition) is 7. The SMILES string of the molecule is Cc1cccc(Nc2nc(Nc3ccc4c(c3)CCC(=O)N4C)ncc2C(=O)NN)c1. The van der Waals surface area contributed by atoms with Crippen LogP contribution in [0.3, 0.4) is 0 Å². The molecule has 0 saturated heterocycles. The summed E-state index contributed by atoms with van der Waals surface area (Å²) in [5, 5.41) is 6.34. The Morgan fingerprint density at radius 1 is 1.10 bits per heavy atom. The lowest BCUT2D eigenvalue weighted by Crippen LogP contribution is -2.31. The van der Waals surface area contributed by atoms with E-state index in [9.17, 15) is 9.59 Å². The minimum Gasteiger partial charge on any atom is -0.339 e. The van der Waals surface area contributed by atoms with Gasteiger partial charge in [0.2, 0.25) is 11.9 Å². The Bertz CT molecular complexity index is 1160. The standard InChI is InChI=1S/C22H23N7O2/c1-13-4-3-5-15(10-13)25-20-17(21(31)28-23)12-24-22(27-20)26-16-7-8-18-14(11-16)6-9-19(30)29(18)2/h3-5,7-8,10-12H,6,9,23H2,1-2H3,(H,28,31)(H2,24,25,26,27). The molecule has 1 aromatic heterocycles. The third kappa shape index (κ3) is 4.31. The molecule has 0 atom stereocenters. The second kappa shape index (κ2) is 8.41. The average Bonchev–Trinajstić information content (AvgIpc) is 2.76. The molecule has 1 aliphatic heterocycles. The smallest absolute Gasteiger partial charge is 0.270 e. The van der Waals surface area contributed by atoms with Gasteiger partial charge in [-0.25, -0.2) is 10.8 Å². The van der Waals surface area contributed by atoms with Crippen LogP contribution in [0.2, 0.25) is 0 Å². The van der Waals surface area contributed by atoms with Crippen LogP contribution in [-0.2, 0) is 11.2 Å². The Morgan fingerprint density at radius 3 is 2.68 bits per heavy atom. The van der Waals surface area contributed by atoms with Crippen LogP contribution in [-0.4, -0.2) is 28.8 Å². The second-order valence-corrected chi connectivity index (χ2v) is 7.35. The maximum atomic E-state index is 12.2. The molecule has 2 aromatic carbocycles. The summed E-state index contributed by atoms with van der Waals surface area (Å²) in [6, 6.07) is 13.5. The minimum absolute atomic E-state index is 0.108. The zero-order chi connectivity index (χ0) is 22.0. The molecule has 3 aromatic rings. The molecule has 2 heterocycles. The van der Waals surface area contributed by atoms with Gasteiger partial charge < -0.3 is 15.5 Å². The van der Waals surface area contributed by atoms with Crippen molar-refractivity contribution in [2.45, 2.75) is 19.8 Å². The van der Waals surface area contributed by atoms with Gasteiger partial charge in [0, 0.05) is 36.7 Å². The number of aromatic nitrogens is 2. The molecule has 9 heteroatoms. The minimum atomic E-state index is -0.497. The van der Waals surface area contributed by atoms with Crippen LogP contribution in [0.25, 0.3) is 0 Å². The normalized spacial score (nSPS) is 12.9. The summed E-state index contributed by atoms with van der Waals surface area (Å²) in [7, 11) is 1.78. The molecular weight excluding hydrogens is 394 g/mol. The summed E-state index contributed by atoms with van der Waals surface area (Å²) < 4.78 is 0. The molecule has 31 heavy (non-hydrogen) atoms. The van der Waals surface area contributed by atoms with Crippen molar-refractivity contribution in [3.8, 4) is 0 Å². The number of hydrogen-bond donors (Lipinski definition) is 4. The van der Waals surface area contributed by atoms with Gasteiger partial charge in [0.15, 0.2) is 0 Å². The van der Waals surface area contributed by atoms with E-state index in [0.717, 1.165) is 28.2 Å². The Hall–Kier alpha value is -3.98. The molecule has 0 bridgehead atoms. The first-order valence-electron chi connectivity index (χ1n) is 9.83. The summed E-state index contributed by atoms with van der Waals surface area (Å²) in [6.45, 7) is 1.98. The van der Waals surface area contributed by atoms with Gasteiger partial charge in [0.25, 0.3) is 5.91 Å². The molecular formula is C22H23N7O2. The van der Waals surface area contributed by atoms with Crippen LogP contribution < -0.4 is 26.8 Å². The molecule has 2 amide bonds. The summed E-state index contributed by atoms with van der Waals surface area (Å²) in [6.07, 6.45) is 2.59. The van der Waals surface area contributed by atoms with Gasteiger partial charge in [-0.3, -0.25) is 15.0 Å². The summed E-state index contributed by atoms with van der Waals surface area (Å²) in [4.78, 5) is 34.5. The number of fused-ring (bicyclic) bond motifs is 1. The molecule has 4 rings (SSSR count). The Kier molecular flexibility index (Phi) is 5.50. The third-order valence-electron chi connectivity index (χ3n) is 5.12. The van der Waals surface area contributed by atoms with Gasteiger partial charge in [-0.1, -0.05) is 12.1 Å². The second-order valence-electron chi connectivity index (χ2n) is 7.35. The molecule has 0 unspecified atom stereocenters. The monoisotopic (exact) mass is 417 g/mol. The lowest BCUT2D eigenvalue weighted by atomic mass is 10.0. The fourth-order valence-corrected chi connectivity index (χ4v) is 3.50. The number of benzene rings is 2. The lowest BCUT2D eigenvalue weighted by molar-refractivity contribution is -0.118. The van der Waals surface area contributed by atoms with E-state index in [-0.39, 0.29) is 11.5 Å². The van der Waals surface area contributed by atoms with Gasteiger partial charge in [0.1, 0.15) is 11.4 Å². The zero-order valence-electron chi connectivity index (χ0n) is 17.3. The first-order chi connectivity index (χ1) is 14.9. The lowest BCUT2D eigenvalue weighted by Gasteiger charge is -2.26. The van der Waals surface area contributed by atoms with Crippen molar-refractivity contribution in [2.24, 2.45) is 5.84 Å². The van der Waals surface area contributed by atoms with Crippen LogP contribution in [0, 0.1) is 6.92 Å². The number of nitrogen functional groups attached to an aromatic ring is 1. The van der Waals surface area contributed by atoms with Crippen LogP contribution in [0.5, 0.6) is 0 Å². The van der Waals surface area contributed by atoms with E-state index in [1.165, 1.54) is 6.20 Å². The van der Waals surface area contributed by atoms with Crippen LogP contribution >= 0.6 is 0 Å². The van der Waals surface area contributed by atoms with Gasteiger partial charge in [-0.15, -0.1) is 0 Å². The predicted octanol–water partition coefficient (Wildman–Crippen LogP) is 2.78. The molecule has 0 aliphatic carbocycles. The van der Waals surface area contributed by atoms with E-state index in [1.807, 2.05) is 49.4 Å². The number of amides is 2. The number of carbonyl (C=O) groups is 2. The maximum absolute atomic E-state index is 12.2. The molecule has 0 radical (unpaired) electrons. The van der Waals surface area contributed by atoms with Crippen LogP contribution in [0.15, 0.2) is 48.7 Å². The summed E-state index contributed by atoms with van der Waals surface area (Å²) >= 11 is 0. The highest BCUT2D eigenvalue weighted by Crippen LogP contribution is 2.30. The largest absolute Gasteiger partial charge is 0.339 e. The zero-order valence-corrected chi connectivity index (χ0v) is 17.3. The van der Waals surface area contributed by atoms with Crippen LogP contribution in [0.4, 0.5) is 28.8 Å². The van der Waals surface area contributed by atoms with Crippen molar-refractivity contribution in [1.82, 2.24) is 15.4 Å². The topological polar surface area (TPSA) is 125 Å². The number of nitrogens with one attached hydrogen (secondary N) is 3. The van der Waals surface area contributed by atoms with Crippen LogP contribution in [0.1, 0.15) is 27.9 Å². The quantitative estimate of drug-likeness (QED) is 0.286. The first-order valence-corrected chi connectivity index (χ1v) is 9.83. The number of anilines is 5. The molecule has 0 saturated carbocycles. The van der Waals surface area contributed by atoms with Gasteiger partial charge in [-0.2, -0.15) is 4.98 Å². The fraction of sp³-hybridized carbons (Fsp3) is 0.182. The van der Waals surface area contributed by atoms with Crippen molar-refractivity contribution in [2.75, 3.05) is 22.6 Å². The van der Waals surface area contributed by atoms with E-state index in [4.69, 9.17) is 5.84 Å². The number of rotatable bonds is 5. The molecule has 0 fully saturated rings. The highest BCUT2D eigenvalue weighted by molar-refractivity contribution is 5.99. The predicted molar refractivity (Wildman–Crippen MR) is 120 cm³/mol. The fourth-order valence-electron chi connectivity index (χ4n) is 3.50. The number of nitrogens with zero attached hydrogens (tertiary/aromatic N) is 3. The van der Waals surface area contributed by atoms with E-state index >= 15 is 0 Å². The Labute approximate surface area is 179 Å². The molecule has 1 aliphatic rings. The first kappa shape index (κ1) is 20.3. The number of nitrogens with two attached hydrogens (primary N) is 1. The van der Waals surface area contributed by atoms with E-state index in [2.05, 4.69) is 26.0 Å². The number of hydrazine groups is 1. The number of aryl methyl sites for hydroxylation is 2. The van der Waals surface area contributed by atoms with Crippen molar-refractivity contribution in [3.05, 3.63) is 65.4 Å². The molecule has 158 valence electrons. The number of carbonyl (C=O) groups excluding carboxylic acids is 2. The van der Waals surface area contributed by atoms with Gasteiger partial charge >= 0.3 is 0 Å². The van der Waals surface area contributed by atoms with E-state index in [0.29, 0.717) is 24.6 Å². The molecule has 5 N–H and O–H groups in total. The molecule has 0 spiro atoms. The average molecular weight is 417 g/mol. The maximum Gasteiger partial charge on any atom is 0.270 e. The van der Waals surface area contributed by atoms with E-state index in [1.54, 1.807) is 11.9 Å². The molecule has 9 nitrogen and oxygen atoms in total. The highest BCUT2D eigenvalue weighted by atomic mass is 16.2. The summed E-state index contributed by atoms with van der Waals surface area (Å²) in [5.41, 5.74) is 6.97. The van der Waals surface area contributed by atoms with Crippen molar-refractivity contribution in [1.29, 1.82) is 0 Å². The van der Waals surface area contributed by atoms with Crippen molar-refractivity contribution >= 4 is 40.6 Å². The summed E-state index contributed by atoms with van der Waals surface area (Å²) in [5.74, 6) is 5.57. The third-order valence-corrected chi connectivity index (χ3v) is 5.12. The Morgan fingerprint density at radius 2 is 1.90 bits per heavy atom. The van der Waals surface area contributed by atoms with Gasteiger partial charge in [-0.05, 0) is 54.8 Å².